The number of rotatable bonds is 4. The van der Waals surface area contributed by atoms with Crippen LogP contribution in [-0.4, -0.2) is 46.0 Å². The molecule has 2 rings (SSSR count). The van der Waals surface area contributed by atoms with E-state index in [9.17, 15) is 14.0 Å². The van der Waals surface area contributed by atoms with Crippen LogP contribution in [0.3, 0.4) is 0 Å². The fourth-order valence-electron chi connectivity index (χ4n) is 2.28. The van der Waals surface area contributed by atoms with Gasteiger partial charge >= 0.3 is 5.97 Å². The number of aliphatic carboxylic acids is 1. The van der Waals surface area contributed by atoms with Crippen LogP contribution in [0.4, 0.5) is 4.39 Å². The molecule has 4 nitrogen and oxygen atoms in total. The molecule has 1 fully saturated rings. The lowest BCUT2D eigenvalue weighted by Gasteiger charge is -2.34. The topological polar surface area (TPSA) is 57.6 Å². The van der Waals surface area contributed by atoms with Gasteiger partial charge in [-0.15, -0.1) is 0 Å². The molecule has 0 spiro atoms. The predicted molar refractivity (Wildman–Crippen MR) is 82.9 cm³/mol. The van der Waals surface area contributed by atoms with Gasteiger partial charge in [-0.2, -0.15) is 11.8 Å². The maximum Gasteiger partial charge on any atom is 0.305 e. The molecule has 0 aromatic heterocycles. The molecule has 7 heteroatoms. The van der Waals surface area contributed by atoms with E-state index in [1.165, 1.54) is 6.07 Å². The Labute approximate surface area is 134 Å². The summed E-state index contributed by atoms with van der Waals surface area (Å²) >= 11 is 4.76. The number of carbonyl (C=O) groups excluding carboxylic acids is 1. The molecule has 1 atom stereocenters. The van der Waals surface area contributed by atoms with Gasteiger partial charge in [-0.1, -0.05) is 6.07 Å². The summed E-state index contributed by atoms with van der Waals surface area (Å²) in [6.45, 7) is 0.559. The van der Waals surface area contributed by atoms with Crippen LogP contribution in [-0.2, 0) is 16.0 Å². The zero-order valence-corrected chi connectivity index (χ0v) is 13.6. The lowest BCUT2D eigenvalue weighted by molar-refractivity contribution is -0.140. The molecular formula is C14H15BrFNO3S. The quantitative estimate of drug-likeness (QED) is 0.878. The monoisotopic (exact) mass is 375 g/mol. The van der Waals surface area contributed by atoms with Crippen LogP contribution in [0.1, 0.15) is 12.0 Å². The van der Waals surface area contributed by atoms with Crippen molar-refractivity contribution in [1.82, 2.24) is 4.90 Å². The number of hydrogen-bond donors (Lipinski definition) is 1. The van der Waals surface area contributed by atoms with E-state index in [1.54, 1.807) is 28.8 Å². The highest BCUT2D eigenvalue weighted by molar-refractivity contribution is 9.10. The molecule has 1 saturated heterocycles. The average Bonchev–Trinajstić information content (AvgIpc) is 2.43. The molecule has 1 amide bonds. The summed E-state index contributed by atoms with van der Waals surface area (Å²) in [5, 5.41) is 8.93. The summed E-state index contributed by atoms with van der Waals surface area (Å²) in [5.74, 6) is 0.0781. The number of hydrogen-bond acceptors (Lipinski definition) is 3. The van der Waals surface area contributed by atoms with Crippen molar-refractivity contribution in [2.45, 2.75) is 18.9 Å². The second-order valence-electron chi connectivity index (χ2n) is 4.84. The van der Waals surface area contributed by atoms with E-state index in [4.69, 9.17) is 5.11 Å². The third-order valence-electron chi connectivity index (χ3n) is 3.30. The molecule has 1 unspecified atom stereocenters. The maximum atomic E-state index is 13.2. The molecule has 1 heterocycles. The Balaban J connectivity index is 2.06. The van der Waals surface area contributed by atoms with E-state index >= 15 is 0 Å². The Morgan fingerprint density at radius 2 is 2.24 bits per heavy atom. The van der Waals surface area contributed by atoms with Gasteiger partial charge in [0.15, 0.2) is 0 Å². The van der Waals surface area contributed by atoms with Gasteiger partial charge in [0.2, 0.25) is 5.91 Å². The van der Waals surface area contributed by atoms with Gasteiger partial charge in [0, 0.05) is 18.1 Å². The molecule has 1 aliphatic rings. The van der Waals surface area contributed by atoms with Gasteiger partial charge in [-0.05, 0) is 33.6 Å². The first-order valence-electron chi connectivity index (χ1n) is 6.50. The molecule has 0 saturated carbocycles. The number of carbonyl (C=O) groups is 2. The second kappa shape index (κ2) is 7.26. The van der Waals surface area contributed by atoms with Gasteiger partial charge in [0.05, 0.1) is 23.4 Å². The number of halogens is 2. The van der Waals surface area contributed by atoms with Crippen molar-refractivity contribution in [2.75, 3.05) is 18.1 Å². The van der Waals surface area contributed by atoms with Crippen LogP contribution in [0.5, 0.6) is 0 Å². The molecule has 0 bridgehead atoms. The third kappa shape index (κ3) is 4.44. The van der Waals surface area contributed by atoms with E-state index in [0.29, 0.717) is 22.3 Å². The van der Waals surface area contributed by atoms with Crippen molar-refractivity contribution in [2.24, 2.45) is 0 Å². The number of carboxylic acid groups (broad SMARTS) is 1. The van der Waals surface area contributed by atoms with Crippen LogP contribution in [0, 0.1) is 5.82 Å². The molecule has 1 N–H and O–H groups in total. The zero-order valence-electron chi connectivity index (χ0n) is 11.2. The molecule has 0 radical (unpaired) electrons. The highest BCUT2D eigenvalue weighted by Gasteiger charge is 2.28. The summed E-state index contributed by atoms with van der Waals surface area (Å²) in [7, 11) is 0. The lowest BCUT2D eigenvalue weighted by atomic mass is 10.1. The van der Waals surface area contributed by atoms with Crippen LogP contribution in [0.15, 0.2) is 22.7 Å². The Kier molecular flexibility index (Phi) is 5.64. The maximum absolute atomic E-state index is 13.2. The summed E-state index contributed by atoms with van der Waals surface area (Å²) in [5.41, 5.74) is 0.709. The van der Waals surface area contributed by atoms with E-state index in [1.807, 2.05) is 0 Å². The number of carboxylic acids is 1. The fraction of sp³-hybridized carbons (Fsp3) is 0.429. The summed E-state index contributed by atoms with van der Waals surface area (Å²) in [6, 6.07) is 4.20. The first-order valence-corrected chi connectivity index (χ1v) is 8.45. The standard InChI is InChI=1S/C14H15BrFNO3S/c15-11-5-9(1-2-12(11)16)6-13(18)17-3-4-21-8-10(17)7-14(19)20/h1-2,5,10H,3-4,6-8H2,(H,19,20). The largest absolute Gasteiger partial charge is 0.481 e. The fourth-order valence-corrected chi connectivity index (χ4v) is 3.77. The summed E-state index contributed by atoms with van der Waals surface area (Å²) in [4.78, 5) is 24.9. The first kappa shape index (κ1) is 16.3. The van der Waals surface area contributed by atoms with Gasteiger partial charge in [-0.25, -0.2) is 4.39 Å². The molecule has 0 aliphatic carbocycles. The van der Waals surface area contributed by atoms with Crippen LogP contribution >= 0.6 is 27.7 Å². The van der Waals surface area contributed by atoms with E-state index in [2.05, 4.69) is 15.9 Å². The van der Waals surface area contributed by atoms with E-state index in [0.717, 1.165) is 5.75 Å². The first-order chi connectivity index (χ1) is 9.97. The van der Waals surface area contributed by atoms with E-state index in [-0.39, 0.29) is 30.6 Å². The highest BCUT2D eigenvalue weighted by atomic mass is 79.9. The van der Waals surface area contributed by atoms with Crippen LogP contribution in [0.2, 0.25) is 0 Å². The van der Waals surface area contributed by atoms with E-state index < -0.39 is 5.97 Å². The van der Waals surface area contributed by atoms with Gasteiger partial charge in [-0.3, -0.25) is 9.59 Å². The molecule has 1 aromatic rings. The van der Waals surface area contributed by atoms with Crippen molar-refractivity contribution >= 4 is 39.6 Å². The second-order valence-corrected chi connectivity index (χ2v) is 6.84. The lowest BCUT2D eigenvalue weighted by Crippen LogP contribution is -2.47. The normalized spacial score (nSPS) is 18.6. The number of thioether (sulfide) groups is 1. The van der Waals surface area contributed by atoms with Gasteiger partial charge in [0.25, 0.3) is 0 Å². The molecular weight excluding hydrogens is 361 g/mol. The van der Waals surface area contributed by atoms with Crippen molar-refractivity contribution < 1.29 is 19.1 Å². The smallest absolute Gasteiger partial charge is 0.305 e. The summed E-state index contributed by atoms with van der Waals surface area (Å²) in [6.07, 6.45) is 0.117. The predicted octanol–water partition coefficient (Wildman–Crippen LogP) is 2.55. The summed E-state index contributed by atoms with van der Waals surface area (Å²) < 4.78 is 13.5. The Bertz CT molecular complexity index is 555. The van der Waals surface area contributed by atoms with Crippen molar-refractivity contribution in [3.05, 3.63) is 34.1 Å². The Morgan fingerprint density at radius 1 is 1.48 bits per heavy atom. The third-order valence-corrected chi connectivity index (χ3v) is 5.00. The molecule has 21 heavy (non-hydrogen) atoms. The SMILES string of the molecule is O=C(O)CC1CSCCN1C(=O)Cc1ccc(F)c(Br)c1. The number of nitrogens with zero attached hydrogens (tertiary/aromatic N) is 1. The van der Waals surface area contributed by atoms with Crippen molar-refractivity contribution in [3.63, 3.8) is 0 Å². The minimum absolute atomic E-state index is 0.0359. The van der Waals surface area contributed by atoms with Crippen molar-refractivity contribution in [3.8, 4) is 0 Å². The molecule has 1 aliphatic heterocycles. The van der Waals surface area contributed by atoms with Crippen LogP contribution < -0.4 is 0 Å². The highest BCUT2D eigenvalue weighted by Crippen LogP contribution is 2.22. The minimum atomic E-state index is -0.898. The van der Waals surface area contributed by atoms with Gasteiger partial charge < -0.3 is 10.0 Å². The minimum Gasteiger partial charge on any atom is -0.481 e. The number of benzene rings is 1. The van der Waals surface area contributed by atoms with Crippen LogP contribution in [0.25, 0.3) is 0 Å². The average molecular weight is 376 g/mol. The molecule has 1 aromatic carbocycles. The Hall–Kier alpha value is -1.08. The molecule has 114 valence electrons. The van der Waals surface area contributed by atoms with Crippen molar-refractivity contribution in [1.29, 1.82) is 0 Å². The number of amides is 1. The zero-order chi connectivity index (χ0) is 15.4. The Morgan fingerprint density at radius 3 is 2.90 bits per heavy atom. The van der Waals surface area contributed by atoms with Gasteiger partial charge in [0.1, 0.15) is 5.82 Å².